The number of hydrogen-bond donors (Lipinski definition) is 2. The number of nitrogens with two attached hydrogens (primary N) is 1. The van der Waals surface area contributed by atoms with E-state index in [1.807, 2.05) is 6.92 Å². The maximum atomic E-state index is 12.0. The first-order valence-corrected chi connectivity index (χ1v) is 5.43. The van der Waals surface area contributed by atoms with Gasteiger partial charge in [0, 0.05) is 16.8 Å². The predicted octanol–water partition coefficient (Wildman–Crippen LogP) is 0.390. The molecular weight excluding hydrogens is 234 g/mol. The van der Waals surface area contributed by atoms with E-state index in [9.17, 15) is 9.59 Å². The largest absolute Gasteiger partial charge is 0.398 e. The molecule has 1 heterocycles. The Labute approximate surface area is 101 Å². The minimum atomic E-state index is -0.547. The summed E-state index contributed by atoms with van der Waals surface area (Å²) in [5.41, 5.74) is 7.93. The Balaban J connectivity index is 2.38. The Bertz CT molecular complexity index is 675. The molecule has 0 atom stereocenters. The summed E-state index contributed by atoms with van der Waals surface area (Å²) in [6, 6.07) is 1.55. The fraction of sp³-hybridized carbons (Fsp3) is 0.182. The van der Waals surface area contributed by atoms with E-state index in [1.165, 1.54) is 0 Å². The standard InChI is InChI=1S/C11H9N5O2/c1-2-4-7-5(11-13-15-16-14-11)3-6(12)8(4)10(18)9(7)17/h3H,2,12H2,1H3,(H,13,14,15,16). The molecule has 0 spiro atoms. The van der Waals surface area contributed by atoms with Crippen molar-refractivity contribution in [1.29, 1.82) is 0 Å². The number of rotatable bonds is 2. The van der Waals surface area contributed by atoms with Crippen LogP contribution in [0.15, 0.2) is 6.07 Å². The predicted molar refractivity (Wildman–Crippen MR) is 62.1 cm³/mol. The minimum Gasteiger partial charge on any atom is -0.398 e. The van der Waals surface area contributed by atoms with Gasteiger partial charge in [-0.25, -0.2) is 0 Å². The van der Waals surface area contributed by atoms with Gasteiger partial charge in [-0.15, -0.1) is 10.2 Å². The molecule has 1 aliphatic carbocycles. The number of benzene rings is 1. The number of Topliss-reactive ketones (excluding diaryl/α,β-unsaturated/α-hetero) is 2. The maximum Gasteiger partial charge on any atom is 0.235 e. The second kappa shape index (κ2) is 3.46. The van der Waals surface area contributed by atoms with Crippen molar-refractivity contribution in [2.75, 3.05) is 5.73 Å². The number of aromatic amines is 1. The average molecular weight is 243 g/mol. The Morgan fingerprint density at radius 3 is 2.61 bits per heavy atom. The molecule has 18 heavy (non-hydrogen) atoms. The zero-order valence-corrected chi connectivity index (χ0v) is 9.52. The number of carbonyl (C=O) groups is 2. The number of anilines is 1. The SMILES string of the molecule is CCc1c2c(N)cc(-c3nn[nH]n3)c1C(=O)C2=O. The molecule has 0 saturated heterocycles. The van der Waals surface area contributed by atoms with E-state index >= 15 is 0 Å². The third-order valence-electron chi connectivity index (χ3n) is 3.06. The van der Waals surface area contributed by atoms with Crippen LogP contribution in [-0.4, -0.2) is 32.2 Å². The normalized spacial score (nSPS) is 13.4. The van der Waals surface area contributed by atoms with Crippen molar-refractivity contribution in [3.8, 4) is 11.4 Å². The number of ketones is 2. The van der Waals surface area contributed by atoms with E-state index in [2.05, 4.69) is 20.6 Å². The van der Waals surface area contributed by atoms with Crippen molar-refractivity contribution in [2.24, 2.45) is 0 Å². The lowest BCUT2D eigenvalue weighted by atomic mass is 9.98. The third-order valence-corrected chi connectivity index (χ3v) is 3.06. The highest BCUT2D eigenvalue weighted by Gasteiger charge is 2.37. The maximum absolute atomic E-state index is 12.0. The first-order valence-electron chi connectivity index (χ1n) is 5.43. The van der Waals surface area contributed by atoms with Crippen LogP contribution in [0.1, 0.15) is 33.2 Å². The molecule has 0 fully saturated rings. The summed E-state index contributed by atoms with van der Waals surface area (Å²) in [7, 11) is 0. The van der Waals surface area contributed by atoms with Crippen LogP contribution in [0.3, 0.4) is 0 Å². The van der Waals surface area contributed by atoms with Gasteiger partial charge in [0.05, 0.1) is 5.56 Å². The average Bonchev–Trinajstić information content (AvgIpc) is 2.94. The van der Waals surface area contributed by atoms with Crippen LogP contribution >= 0.6 is 0 Å². The van der Waals surface area contributed by atoms with Gasteiger partial charge >= 0.3 is 0 Å². The van der Waals surface area contributed by atoms with Gasteiger partial charge in [-0.05, 0) is 23.3 Å². The number of nitrogens with zero attached hydrogens (tertiary/aromatic N) is 3. The molecule has 3 N–H and O–H groups in total. The van der Waals surface area contributed by atoms with Gasteiger partial charge in [-0.3, -0.25) is 9.59 Å². The smallest absolute Gasteiger partial charge is 0.235 e. The van der Waals surface area contributed by atoms with E-state index < -0.39 is 11.6 Å². The van der Waals surface area contributed by atoms with Crippen LogP contribution in [0, 0.1) is 0 Å². The minimum absolute atomic E-state index is 0.265. The molecule has 2 aromatic rings. The molecule has 0 aliphatic heterocycles. The fourth-order valence-corrected chi connectivity index (χ4v) is 2.32. The van der Waals surface area contributed by atoms with Crippen LogP contribution < -0.4 is 5.73 Å². The van der Waals surface area contributed by atoms with Crippen molar-refractivity contribution in [3.05, 3.63) is 22.8 Å². The second-order valence-corrected chi connectivity index (χ2v) is 3.99. The molecule has 0 amide bonds. The lowest BCUT2D eigenvalue weighted by Crippen LogP contribution is -2.07. The van der Waals surface area contributed by atoms with Crippen molar-refractivity contribution >= 4 is 17.3 Å². The number of nitrogen functional groups attached to an aromatic ring is 1. The number of aromatic nitrogens is 4. The van der Waals surface area contributed by atoms with Gasteiger partial charge in [0.1, 0.15) is 0 Å². The van der Waals surface area contributed by atoms with Gasteiger partial charge in [0.15, 0.2) is 0 Å². The van der Waals surface area contributed by atoms with Gasteiger partial charge in [-0.1, -0.05) is 6.92 Å². The molecule has 0 unspecified atom stereocenters. The number of hydrogen-bond acceptors (Lipinski definition) is 6. The number of fused-ring (bicyclic) bond motifs is 2. The zero-order valence-electron chi connectivity index (χ0n) is 9.52. The summed E-state index contributed by atoms with van der Waals surface area (Å²) in [6.07, 6.45) is 0.554. The monoisotopic (exact) mass is 243 g/mol. The van der Waals surface area contributed by atoms with E-state index in [0.717, 1.165) is 0 Å². The summed E-state index contributed by atoms with van der Waals surface area (Å²) in [4.78, 5) is 23.8. The number of H-pyrrole nitrogens is 1. The lowest BCUT2D eigenvalue weighted by molar-refractivity contribution is 0.0826. The Kier molecular flexibility index (Phi) is 2.03. The molecule has 7 heteroatoms. The van der Waals surface area contributed by atoms with E-state index in [0.29, 0.717) is 28.7 Å². The summed E-state index contributed by atoms with van der Waals surface area (Å²) in [5.74, 6) is -0.826. The summed E-state index contributed by atoms with van der Waals surface area (Å²) in [5, 5.41) is 13.4. The van der Waals surface area contributed by atoms with Crippen molar-refractivity contribution in [3.63, 3.8) is 0 Å². The van der Waals surface area contributed by atoms with Crippen LogP contribution in [0.25, 0.3) is 11.4 Å². The topological polar surface area (TPSA) is 115 Å². The highest BCUT2D eigenvalue weighted by Crippen LogP contribution is 2.37. The molecule has 0 saturated carbocycles. The molecule has 7 nitrogen and oxygen atoms in total. The van der Waals surface area contributed by atoms with E-state index in [1.54, 1.807) is 6.07 Å². The van der Waals surface area contributed by atoms with Crippen molar-refractivity contribution in [1.82, 2.24) is 20.6 Å². The second-order valence-electron chi connectivity index (χ2n) is 3.99. The fourth-order valence-electron chi connectivity index (χ4n) is 2.32. The van der Waals surface area contributed by atoms with Gasteiger partial charge < -0.3 is 5.73 Å². The molecule has 1 aliphatic rings. The van der Waals surface area contributed by atoms with Gasteiger partial charge in [0.2, 0.25) is 17.4 Å². The Hall–Kier alpha value is -2.57. The first-order chi connectivity index (χ1) is 8.65. The first kappa shape index (κ1) is 10.6. The van der Waals surface area contributed by atoms with E-state index in [4.69, 9.17) is 5.73 Å². The number of tetrazole rings is 1. The number of nitrogens with one attached hydrogen (secondary N) is 1. The molecule has 3 rings (SSSR count). The van der Waals surface area contributed by atoms with Crippen LogP contribution in [0.5, 0.6) is 0 Å². The highest BCUT2D eigenvalue weighted by atomic mass is 16.2. The zero-order chi connectivity index (χ0) is 12.9. The Morgan fingerprint density at radius 2 is 2.00 bits per heavy atom. The van der Waals surface area contributed by atoms with Gasteiger partial charge in [-0.2, -0.15) is 5.21 Å². The molecule has 90 valence electrons. The Morgan fingerprint density at radius 1 is 1.28 bits per heavy atom. The van der Waals surface area contributed by atoms with Crippen molar-refractivity contribution in [2.45, 2.75) is 13.3 Å². The quantitative estimate of drug-likeness (QED) is 0.582. The highest BCUT2D eigenvalue weighted by molar-refractivity contribution is 6.55. The third kappa shape index (κ3) is 1.15. The van der Waals surface area contributed by atoms with Crippen LogP contribution in [0.4, 0.5) is 5.69 Å². The lowest BCUT2D eigenvalue weighted by Gasteiger charge is -2.06. The molecule has 2 bridgehead atoms. The summed E-state index contributed by atoms with van der Waals surface area (Å²) < 4.78 is 0. The number of carbonyl (C=O) groups excluding carboxylic acids is 2. The van der Waals surface area contributed by atoms with Crippen LogP contribution in [0.2, 0.25) is 0 Å². The van der Waals surface area contributed by atoms with Crippen molar-refractivity contribution < 1.29 is 9.59 Å². The molecule has 0 radical (unpaired) electrons. The van der Waals surface area contributed by atoms with E-state index in [-0.39, 0.29) is 11.5 Å². The summed E-state index contributed by atoms with van der Waals surface area (Å²) in [6.45, 7) is 1.87. The molecule has 1 aromatic carbocycles. The van der Waals surface area contributed by atoms with Crippen LogP contribution in [-0.2, 0) is 6.42 Å². The molecular formula is C11H9N5O2. The van der Waals surface area contributed by atoms with Gasteiger partial charge in [0.25, 0.3) is 0 Å². The summed E-state index contributed by atoms with van der Waals surface area (Å²) >= 11 is 0. The molecule has 1 aromatic heterocycles.